The van der Waals surface area contributed by atoms with Crippen molar-refractivity contribution < 1.29 is 23.3 Å². The van der Waals surface area contributed by atoms with Gasteiger partial charge in [-0.2, -0.15) is 48.5 Å². The van der Waals surface area contributed by atoms with Gasteiger partial charge >= 0.3 is 30.2 Å². The number of halogens is 2. The van der Waals surface area contributed by atoms with Crippen molar-refractivity contribution in [2.24, 2.45) is 0 Å². The standard InChI is InChI=1S/2C11H11.C6H5.CH3.2ClH.Si.Zr/c2*1-2-9-7-10-5-3-4-6-11(10)8-9;1-2-4-6-5-3-1;;;;;/h2*3-8H,2H2,1H3;1-5H;1H3;2*1H;;/q4*-1;;;;. The first-order valence-corrected chi connectivity index (χ1v) is 14.4. The molecule has 0 saturated heterocycles. The molecule has 0 N–H and O–H groups in total. The third kappa shape index (κ3) is 11.5. The van der Waals surface area contributed by atoms with Crippen molar-refractivity contribution >= 4 is 53.2 Å². The van der Waals surface area contributed by atoms with Crippen molar-refractivity contribution in [2.45, 2.75) is 26.7 Å². The predicted molar refractivity (Wildman–Crippen MR) is 150 cm³/mol. The quantitative estimate of drug-likeness (QED) is 0.147. The zero-order valence-electron chi connectivity index (χ0n) is 19.5. The van der Waals surface area contributed by atoms with E-state index in [9.17, 15) is 0 Å². The molecule has 0 aromatic heterocycles. The molecule has 0 amide bonds. The molecule has 2 radical (unpaired) electrons. The summed E-state index contributed by atoms with van der Waals surface area (Å²) in [6.07, 6.45) is 2.27. The van der Waals surface area contributed by atoms with Crippen molar-refractivity contribution in [3.63, 3.8) is 0 Å². The van der Waals surface area contributed by atoms with Crippen molar-refractivity contribution in [1.29, 1.82) is 0 Å². The Labute approximate surface area is 229 Å². The second-order valence-electron chi connectivity index (χ2n) is 6.77. The SMILES string of the molecule is CCc1cc2ccccc2[cH-]1.CCc1cc2ccccc2[cH-]1.Cl.Cl.[CH3-].[Si]=[Zr].[c-]1ccccc1. The molecule has 0 fully saturated rings. The zero-order valence-corrected chi connectivity index (χ0v) is 24.6. The van der Waals surface area contributed by atoms with Gasteiger partial charge in [-0.05, 0) is 12.8 Å². The number of hydrogen-bond acceptors (Lipinski definition) is 0. The van der Waals surface area contributed by atoms with Crippen LogP contribution in [-0.4, -0.2) is 6.88 Å². The molecular weight excluding hydrogens is 539 g/mol. The Morgan fingerprint density at radius 3 is 1.33 bits per heavy atom. The van der Waals surface area contributed by atoms with Gasteiger partial charge in [0.2, 0.25) is 0 Å². The van der Waals surface area contributed by atoms with Gasteiger partial charge in [0.25, 0.3) is 0 Å². The maximum Gasteiger partial charge on any atom is -0.171 e. The monoisotopic (exact) mass is 568 g/mol. The van der Waals surface area contributed by atoms with E-state index < -0.39 is 0 Å². The van der Waals surface area contributed by atoms with E-state index in [-0.39, 0.29) is 32.2 Å². The van der Waals surface area contributed by atoms with Gasteiger partial charge in [-0.25, -0.2) is 0 Å². The van der Waals surface area contributed by atoms with Gasteiger partial charge < -0.3 is 7.43 Å². The molecule has 0 atom stereocenters. The van der Waals surface area contributed by atoms with Gasteiger partial charge in [0.1, 0.15) is 0 Å². The Kier molecular flexibility index (Phi) is 20.4. The van der Waals surface area contributed by atoms with Crippen molar-refractivity contribution in [3.8, 4) is 0 Å². The fourth-order valence-electron chi connectivity index (χ4n) is 3.18. The molecule has 5 aromatic carbocycles. The molecule has 0 aliphatic heterocycles. The van der Waals surface area contributed by atoms with Crippen LogP contribution in [0.25, 0.3) is 21.5 Å². The average Bonchev–Trinajstić information content (AvgIpc) is 3.46. The molecule has 0 bridgehead atoms. The van der Waals surface area contributed by atoms with E-state index in [0.29, 0.717) is 0 Å². The van der Waals surface area contributed by atoms with Gasteiger partial charge in [0.05, 0.1) is 0 Å². The van der Waals surface area contributed by atoms with Crippen LogP contribution in [0.4, 0.5) is 0 Å². The molecule has 0 heterocycles. The molecule has 33 heavy (non-hydrogen) atoms. The van der Waals surface area contributed by atoms with Gasteiger partial charge in [-0.1, -0.05) is 26.0 Å². The van der Waals surface area contributed by atoms with Gasteiger partial charge in [0, 0.05) is 0 Å². The molecule has 174 valence electrons. The Hall–Kier alpha value is -1.44. The molecule has 0 aliphatic carbocycles. The van der Waals surface area contributed by atoms with E-state index >= 15 is 0 Å². The smallest absolute Gasteiger partial charge is 0.171 e. The summed E-state index contributed by atoms with van der Waals surface area (Å²) in [5, 5.41) is 5.46. The second kappa shape index (κ2) is 20.0. The molecular formula is C29H32Cl2SiZr-4. The van der Waals surface area contributed by atoms with Gasteiger partial charge in [0.15, 0.2) is 0 Å². The Morgan fingerprint density at radius 2 is 1.06 bits per heavy atom. The van der Waals surface area contributed by atoms with Gasteiger partial charge in [-0.3, -0.25) is 0 Å². The van der Waals surface area contributed by atoms with Crippen LogP contribution in [0.3, 0.4) is 0 Å². The number of rotatable bonds is 2. The molecule has 4 heteroatoms. The normalized spacial score (nSPS) is 8.64. The first-order valence-electron chi connectivity index (χ1n) is 10.2. The zero-order chi connectivity index (χ0) is 21.6. The largest absolute Gasteiger partial charge is 0.184 e. The number of hydrogen-bond donors (Lipinski definition) is 0. The van der Waals surface area contributed by atoms with Crippen LogP contribution in [0, 0.1) is 13.5 Å². The van der Waals surface area contributed by atoms with Crippen LogP contribution >= 0.6 is 24.8 Å². The summed E-state index contributed by atoms with van der Waals surface area (Å²) in [6, 6.07) is 38.5. The summed E-state index contributed by atoms with van der Waals surface area (Å²) in [5.74, 6) is 0. The fourth-order valence-corrected chi connectivity index (χ4v) is 3.18. The van der Waals surface area contributed by atoms with Crippen LogP contribution in [0.5, 0.6) is 0 Å². The van der Waals surface area contributed by atoms with E-state index in [1.165, 1.54) is 56.0 Å². The first kappa shape index (κ1) is 33.7. The van der Waals surface area contributed by atoms with E-state index in [0.717, 1.165) is 12.8 Å². The number of fused-ring (bicyclic) bond motifs is 2. The van der Waals surface area contributed by atoms with E-state index in [1.54, 1.807) is 0 Å². The van der Waals surface area contributed by atoms with E-state index in [4.69, 9.17) is 0 Å². The number of benzene rings is 3. The summed E-state index contributed by atoms with van der Waals surface area (Å²) >= 11 is 1.36. The Morgan fingerprint density at radius 1 is 0.667 bits per heavy atom. The minimum absolute atomic E-state index is 0. The molecule has 0 aliphatic rings. The second-order valence-corrected chi connectivity index (χ2v) is 6.77. The summed E-state index contributed by atoms with van der Waals surface area (Å²) in [6.45, 7) is 7.44. The summed E-state index contributed by atoms with van der Waals surface area (Å²) in [7, 11) is 0. The topological polar surface area (TPSA) is 0 Å². The summed E-state index contributed by atoms with van der Waals surface area (Å²) in [5.41, 5.74) is 2.87. The van der Waals surface area contributed by atoms with Crippen molar-refractivity contribution in [2.75, 3.05) is 0 Å². The Balaban J connectivity index is 0. The average molecular weight is 571 g/mol. The van der Waals surface area contributed by atoms with Crippen molar-refractivity contribution in [3.05, 3.63) is 128 Å². The maximum absolute atomic E-state index is 3.06. The van der Waals surface area contributed by atoms with Crippen molar-refractivity contribution in [1.82, 2.24) is 0 Å². The van der Waals surface area contributed by atoms with Crippen LogP contribution in [0.1, 0.15) is 25.0 Å². The predicted octanol–water partition coefficient (Wildman–Crippen LogP) is 8.64. The van der Waals surface area contributed by atoms with Crippen LogP contribution in [0.15, 0.2) is 103 Å². The molecule has 5 rings (SSSR count). The van der Waals surface area contributed by atoms with Crippen LogP contribution in [-0.2, 0) is 36.2 Å². The van der Waals surface area contributed by atoms with Crippen LogP contribution in [0.2, 0.25) is 0 Å². The molecule has 0 spiro atoms. The molecule has 0 unspecified atom stereocenters. The van der Waals surface area contributed by atoms with E-state index in [2.05, 4.69) is 99.6 Å². The maximum atomic E-state index is 3.06. The summed E-state index contributed by atoms with van der Waals surface area (Å²) < 4.78 is 0. The van der Waals surface area contributed by atoms with E-state index in [1.807, 2.05) is 30.3 Å². The minimum Gasteiger partial charge on any atom is -0.184 e. The number of aryl methyl sites for hydroxylation is 2. The third-order valence-electron chi connectivity index (χ3n) is 4.78. The first-order chi connectivity index (χ1) is 14.8. The minimum atomic E-state index is 0. The summed E-state index contributed by atoms with van der Waals surface area (Å²) in [4.78, 5) is 0. The van der Waals surface area contributed by atoms with Gasteiger partial charge in [-0.15, -0.1) is 106 Å². The molecule has 5 aromatic rings. The Bertz CT molecular complexity index is 949. The molecule has 0 nitrogen and oxygen atoms in total. The fraction of sp³-hybridized carbons (Fsp3) is 0.138. The molecule has 0 saturated carbocycles. The third-order valence-corrected chi connectivity index (χ3v) is 4.78. The van der Waals surface area contributed by atoms with Crippen LogP contribution < -0.4 is 0 Å².